The first-order valence-corrected chi connectivity index (χ1v) is 6.62. The standard InChI is InChI=1S/C16H17N3O2/c1-12-6-8-15(9-7-12)21-13(2)16(20)19-18-11-14-5-3-4-10-17-14/h3-11,13H,1-2H3,(H,19,20)/t13-/m0/s1. The van der Waals surface area contributed by atoms with E-state index in [4.69, 9.17) is 4.74 Å². The van der Waals surface area contributed by atoms with E-state index in [0.29, 0.717) is 11.4 Å². The third-order valence-corrected chi connectivity index (χ3v) is 2.76. The van der Waals surface area contributed by atoms with Crippen molar-refractivity contribution >= 4 is 12.1 Å². The molecule has 0 fully saturated rings. The minimum absolute atomic E-state index is 0.317. The van der Waals surface area contributed by atoms with Crippen LogP contribution >= 0.6 is 0 Å². The third-order valence-electron chi connectivity index (χ3n) is 2.76. The minimum Gasteiger partial charge on any atom is -0.481 e. The van der Waals surface area contributed by atoms with Gasteiger partial charge in [-0.2, -0.15) is 5.10 Å². The van der Waals surface area contributed by atoms with Crippen LogP contribution in [0.4, 0.5) is 0 Å². The molecule has 0 saturated heterocycles. The number of hydrogen-bond donors (Lipinski definition) is 1. The topological polar surface area (TPSA) is 63.6 Å². The number of amides is 1. The molecule has 21 heavy (non-hydrogen) atoms. The van der Waals surface area contributed by atoms with Gasteiger partial charge in [0.05, 0.1) is 11.9 Å². The predicted molar refractivity (Wildman–Crippen MR) is 81.2 cm³/mol. The van der Waals surface area contributed by atoms with Crippen molar-refractivity contribution in [2.24, 2.45) is 5.10 Å². The normalized spacial score (nSPS) is 12.1. The number of carbonyl (C=O) groups excluding carboxylic acids is 1. The Bertz CT molecular complexity index is 609. The monoisotopic (exact) mass is 283 g/mol. The number of hydrazone groups is 1. The second kappa shape index (κ2) is 7.19. The minimum atomic E-state index is -0.631. The average molecular weight is 283 g/mol. The van der Waals surface area contributed by atoms with Gasteiger partial charge < -0.3 is 4.74 Å². The maximum Gasteiger partial charge on any atom is 0.280 e. The molecule has 0 radical (unpaired) electrons. The number of hydrogen-bond acceptors (Lipinski definition) is 4. The molecule has 0 aliphatic carbocycles. The molecule has 1 N–H and O–H groups in total. The van der Waals surface area contributed by atoms with Crippen LogP contribution < -0.4 is 10.2 Å². The van der Waals surface area contributed by atoms with Crippen LogP contribution in [-0.2, 0) is 4.79 Å². The molecule has 1 atom stereocenters. The molecule has 0 aliphatic heterocycles. The molecule has 0 spiro atoms. The third kappa shape index (κ3) is 4.72. The summed E-state index contributed by atoms with van der Waals surface area (Å²) >= 11 is 0. The molecule has 2 aromatic rings. The lowest BCUT2D eigenvalue weighted by Gasteiger charge is -2.12. The molecule has 1 aromatic heterocycles. The highest BCUT2D eigenvalue weighted by Crippen LogP contribution is 2.13. The first-order valence-electron chi connectivity index (χ1n) is 6.62. The van der Waals surface area contributed by atoms with E-state index in [0.717, 1.165) is 5.56 Å². The summed E-state index contributed by atoms with van der Waals surface area (Å²) < 4.78 is 5.53. The van der Waals surface area contributed by atoms with Crippen LogP contribution in [0.5, 0.6) is 5.75 Å². The zero-order valence-corrected chi connectivity index (χ0v) is 12.0. The second-order valence-electron chi connectivity index (χ2n) is 4.56. The molecular weight excluding hydrogens is 266 g/mol. The lowest BCUT2D eigenvalue weighted by molar-refractivity contribution is -0.127. The number of pyridine rings is 1. The molecule has 108 valence electrons. The Morgan fingerprint density at radius 3 is 2.71 bits per heavy atom. The maximum absolute atomic E-state index is 11.8. The van der Waals surface area contributed by atoms with Gasteiger partial charge in [-0.05, 0) is 38.1 Å². The summed E-state index contributed by atoms with van der Waals surface area (Å²) in [7, 11) is 0. The molecule has 0 aliphatic rings. The number of ether oxygens (including phenoxy) is 1. The van der Waals surface area contributed by atoms with Crippen molar-refractivity contribution in [3.8, 4) is 5.75 Å². The summed E-state index contributed by atoms with van der Waals surface area (Å²) in [6, 6.07) is 13.0. The first-order chi connectivity index (χ1) is 10.1. The highest BCUT2D eigenvalue weighted by atomic mass is 16.5. The molecule has 1 aromatic carbocycles. The van der Waals surface area contributed by atoms with E-state index >= 15 is 0 Å². The zero-order valence-electron chi connectivity index (χ0n) is 12.0. The Hall–Kier alpha value is -2.69. The molecule has 5 heteroatoms. The van der Waals surface area contributed by atoms with Gasteiger partial charge in [-0.15, -0.1) is 0 Å². The second-order valence-corrected chi connectivity index (χ2v) is 4.56. The van der Waals surface area contributed by atoms with Gasteiger partial charge in [0, 0.05) is 6.20 Å². The molecule has 1 heterocycles. The molecule has 0 bridgehead atoms. The van der Waals surface area contributed by atoms with Crippen LogP contribution in [0.2, 0.25) is 0 Å². The van der Waals surface area contributed by atoms with Crippen LogP contribution in [0, 0.1) is 6.92 Å². The summed E-state index contributed by atoms with van der Waals surface area (Å²) in [5, 5.41) is 3.85. The van der Waals surface area contributed by atoms with E-state index in [1.54, 1.807) is 19.2 Å². The highest BCUT2D eigenvalue weighted by molar-refractivity contribution is 5.83. The van der Waals surface area contributed by atoms with Crippen LogP contribution in [-0.4, -0.2) is 23.2 Å². The van der Waals surface area contributed by atoms with Gasteiger partial charge in [0.1, 0.15) is 5.75 Å². The number of aromatic nitrogens is 1. The van der Waals surface area contributed by atoms with Crippen LogP contribution in [0.3, 0.4) is 0 Å². The van der Waals surface area contributed by atoms with Crippen molar-refractivity contribution < 1.29 is 9.53 Å². The lowest BCUT2D eigenvalue weighted by Crippen LogP contribution is -2.33. The fourth-order valence-electron chi connectivity index (χ4n) is 1.58. The molecule has 1 amide bonds. The van der Waals surface area contributed by atoms with Gasteiger partial charge in [0.15, 0.2) is 6.10 Å². The fourth-order valence-corrected chi connectivity index (χ4v) is 1.58. The summed E-state index contributed by atoms with van der Waals surface area (Å²) in [6.07, 6.45) is 2.51. The Kier molecular flexibility index (Phi) is 5.04. The number of nitrogens with one attached hydrogen (secondary N) is 1. The SMILES string of the molecule is Cc1ccc(O[C@@H](C)C(=O)NN=Cc2ccccn2)cc1. The first kappa shape index (κ1) is 14.7. The molecule has 2 rings (SSSR count). The average Bonchev–Trinajstić information content (AvgIpc) is 2.50. The van der Waals surface area contributed by atoms with Gasteiger partial charge in [0.25, 0.3) is 5.91 Å². The number of benzene rings is 1. The number of carbonyl (C=O) groups is 1. The number of nitrogens with zero attached hydrogens (tertiary/aromatic N) is 2. The number of aryl methyl sites for hydroxylation is 1. The van der Waals surface area contributed by atoms with Gasteiger partial charge in [-0.3, -0.25) is 9.78 Å². The van der Waals surface area contributed by atoms with E-state index in [2.05, 4.69) is 15.5 Å². The van der Waals surface area contributed by atoms with Crippen LogP contribution in [0.1, 0.15) is 18.2 Å². The molecule has 5 nitrogen and oxygen atoms in total. The largest absolute Gasteiger partial charge is 0.481 e. The van der Waals surface area contributed by atoms with Gasteiger partial charge in [-0.1, -0.05) is 23.8 Å². The van der Waals surface area contributed by atoms with Gasteiger partial charge in [-0.25, -0.2) is 5.43 Å². The van der Waals surface area contributed by atoms with E-state index in [1.807, 2.05) is 43.3 Å². The van der Waals surface area contributed by atoms with Crippen molar-refractivity contribution in [2.45, 2.75) is 20.0 Å². The van der Waals surface area contributed by atoms with E-state index < -0.39 is 6.10 Å². The summed E-state index contributed by atoms with van der Waals surface area (Å²) in [5.41, 5.74) is 4.24. The van der Waals surface area contributed by atoms with E-state index in [-0.39, 0.29) is 5.91 Å². The molecular formula is C16H17N3O2. The summed E-state index contributed by atoms with van der Waals surface area (Å²) in [6.45, 7) is 3.66. The van der Waals surface area contributed by atoms with Crippen molar-refractivity contribution in [3.63, 3.8) is 0 Å². The smallest absolute Gasteiger partial charge is 0.280 e. The van der Waals surface area contributed by atoms with Crippen LogP contribution in [0.15, 0.2) is 53.8 Å². The summed E-state index contributed by atoms with van der Waals surface area (Å²) in [5.74, 6) is 0.333. The van der Waals surface area contributed by atoms with Crippen molar-refractivity contribution in [1.29, 1.82) is 0 Å². The van der Waals surface area contributed by atoms with Crippen molar-refractivity contribution in [3.05, 3.63) is 59.9 Å². The lowest BCUT2D eigenvalue weighted by atomic mass is 10.2. The zero-order chi connectivity index (χ0) is 15.1. The summed E-state index contributed by atoms with van der Waals surface area (Å²) in [4.78, 5) is 15.9. The van der Waals surface area contributed by atoms with E-state index in [1.165, 1.54) is 6.21 Å². The molecule has 0 saturated carbocycles. The Balaban J connectivity index is 1.85. The Morgan fingerprint density at radius 1 is 1.29 bits per heavy atom. The van der Waals surface area contributed by atoms with Crippen molar-refractivity contribution in [2.75, 3.05) is 0 Å². The quantitative estimate of drug-likeness (QED) is 0.676. The maximum atomic E-state index is 11.8. The van der Waals surface area contributed by atoms with Crippen LogP contribution in [0.25, 0.3) is 0 Å². The van der Waals surface area contributed by atoms with E-state index in [9.17, 15) is 4.79 Å². The van der Waals surface area contributed by atoms with Gasteiger partial charge in [0.2, 0.25) is 0 Å². The van der Waals surface area contributed by atoms with Gasteiger partial charge >= 0.3 is 0 Å². The Morgan fingerprint density at radius 2 is 2.05 bits per heavy atom. The Labute approximate surface area is 123 Å². The predicted octanol–water partition coefficient (Wildman–Crippen LogP) is 2.31. The highest BCUT2D eigenvalue weighted by Gasteiger charge is 2.13. The molecule has 0 unspecified atom stereocenters. The van der Waals surface area contributed by atoms with Crippen molar-refractivity contribution in [1.82, 2.24) is 10.4 Å². The number of rotatable bonds is 5. The fraction of sp³-hybridized carbons (Fsp3) is 0.188.